The van der Waals surface area contributed by atoms with E-state index in [0.717, 1.165) is 87.2 Å². The predicted molar refractivity (Wildman–Crippen MR) is 183 cm³/mol. The zero-order valence-corrected chi connectivity index (χ0v) is 28.6. The number of thiophene rings is 1. The molecule has 9 nitrogen and oxygen atoms in total. The van der Waals surface area contributed by atoms with E-state index < -0.39 is 23.4 Å². The van der Waals surface area contributed by atoms with Crippen molar-refractivity contribution in [3.05, 3.63) is 46.0 Å². The Labute approximate surface area is 279 Å². The van der Waals surface area contributed by atoms with Crippen LogP contribution in [-0.4, -0.2) is 84.5 Å². The Hall–Kier alpha value is -3.25. The molecule has 3 N–H and O–H groups in total. The third kappa shape index (κ3) is 7.58. The molecule has 0 amide bonds. The zero-order chi connectivity index (χ0) is 33.5. The van der Waals surface area contributed by atoms with E-state index in [1.165, 1.54) is 17.2 Å². The van der Waals surface area contributed by atoms with Crippen LogP contribution in [0.25, 0.3) is 21.1 Å². The van der Waals surface area contributed by atoms with E-state index >= 15 is 0 Å². The molecule has 0 bridgehead atoms. The molecule has 252 valence electrons. The van der Waals surface area contributed by atoms with E-state index in [2.05, 4.69) is 61.7 Å². The minimum Gasteiger partial charge on any atom is -0.368 e. The number of benzene rings is 1. The van der Waals surface area contributed by atoms with E-state index in [0.29, 0.717) is 21.7 Å². The van der Waals surface area contributed by atoms with Gasteiger partial charge in [-0.25, -0.2) is 4.98 Å². The standard InChI is InChI=1S/C33H41F3N8OS2/c1-20(43-12-8-26(9-13-43)47(3)45)18-44-24(17-37)14-27-21(2)22(4-5-29(27)44)19-42-10-6-23(7-11-42)39-30-28-15-25(16-33(34,35)36)46-31(28)41-32(38)40-30/h4-5,14-15,20,23,26H,6-13,16,18-19H2,1-3H3,(H3,38,39,40,41)/t20-,47?/m0/s1. The number of piperidine rings is 2. The number of hydrogen-bond donors (Lipinski definition) is 2. The van der Waals surface area contributed by atoms with Crippen molar-refractivity contribution < 1.29 is 17.4 Å². The van der Waals surface area contributed by atoms with Crippen molar-refractivity contribution in [3.8, 4) is 6.07 Å². The number of aryl methyl sites for hydroxylation is 1. The lowest BCUT2D eigenvalue weighted by molar-refractivity contribution is -0.126. The molecular weight excluding hydrogens is 646 g/mol. The number of nitrogens with zero attached hydrogens (tertiary/aromatic N) is 6. The third-order valence-electron chi connectivity index (χ3n) is 9.76. The molecule has 2 fully saturated rings. The van der Waals surface area contributed by atoms with Crippen LogP contribution < -0.4 is 11.1 Å². The second-order valence-electron chi connectivity index (χ2n) is 13.0. The van der Waals surface area contributed by atoms with Gasteiger partial charge in [0.1, 0.15) is 22.4 Å². The molecule has 2 atom stereocenters. The number of halogens is 3. The Bertz CT molecular complexity index is 1810. The van der Waals surface area contributed by atoms with Gasteiger partial charge in [-0.15, -0.1) is 11.3 Å². The van der Waals surface area contributed by atoms with Crippen molar-refractivity contribution in [2.75, 3.05) is 43.5 Å². The fourth-order valence-electron chi connectivity index (χ4n) is 7.06. The predicted octanol–water partition coefficient (Wildman–Crippen LogP) is 5.82. The van der Waals surface area contributed by atoms with Gasteiger partial charge in [0.15, 0.2) is 0 Å². The number of nitrogens with one attached hydrogen (secondary N) is 1. The summed E-state index contributed by atoms with van der Waals surface area (Å²) in [6.07, 6.45) is 0.105. The molecule has 6 rings (SSSR count). The first-order valence-electron chi connectivity index (χ1n) is 16.1. The Morgan fingerprint density at radius 3 is 2.51 bits per heavy atom. The molecule has 14 heteroatoms. The van der Waals surface area contributed by atoms with Crippen LogP contribution >= 0.6 is 11.3 Å². The number of nitriles is 1. The van der Waals surface area contributed by atoms with Crippen LogP contribution in [0.1, 0.15) is 54.3 Å². The average molecular weight is 687 g/mol. The molecular formula is C33H41F3N8OS2. The quantitative estimate of drug-likeness (QED) is 0.226. The van der Waals surface area contributed by atoms with Gasteiger partial charge in [-0.3, -0.25) is 14.0 Å². The first-order chi connectivity index (χ1) is 22.4. The molecule has 1 aromatic carbocycles. The van der Waals surface area contributed by atoms with Gasteiger partial charge in [-0.1, -0.05) is 6.07 Å². The number of anilines is 2. The maximum absolute atomic E-state index is 13.0. The van der Waals surface area contributed by atoms with Crippen molar-refractivity contribution in [1.82, 2.24) is 24.3 Å². The van der Waals surface area contributed by atoms with Crippen LogP contribution in [0.5, 0.6) is 0 Å². The van der Waals surface area contributed by atoms with Gasteiger partial charge in [-0.2, -0.15) is 23.4 Å². The smallest absolute Gasteiger partial charge is 0.368 e. The molecule has 0 saturated carbocycles. The average Bonchev–Trinajstić information content (AvgIpc) is 3.59. The lowest BCUT2D eigenvalue weighted by Gasteiger charge is -2.35. The van der Waals surface area contributed by atoms with E-state index in [4.69, 9.17) is 5.73 Å². The van der Waals surface area contributed by atoms with Gasteiger partial charge in [-0.05, 0) is 81.9 Å². The highest BCUT2D eigenvalue weighted by Crippen LogP contribution is 2.34. The minimum atomic E-state index is -4.29. The molecule has 47 heavy (non-hydrogen) atoms. The highest BCUT2D eigenvalue weighted by Gasteiger charge is 2.30. The number of likely N-dealkylation sites (tertiary alicyclic amines) is 2. The molecule has 0 aliphatic carbocycles. The number of rotatable bonds is 9. The number of fused-ring (bicyclic) bond motifs is 2. The molecule has 0 spiro atoms. The number of nitrogens with two attached hydrogens (primary N) is 1. The molecule has 3 aromatic heterocycles. The number of hydrogen-bond acceptors (Lipinski definition) is 9. The Morgan fingerprint density at radius 2 is 1.85 bits per heavy atom. The topological polar surface area (TPSA) is 116 Å². The SMILES string of the molecule is Cc1c(CN2CCC(Nc3nc(N)nc4sc(CC(F)(F)F)cc34)CC2)ccc2c1cc(C#N)n2C[C@H](C)N1CCC(S(C)=O)CC1. The molecule has 2 saturated heterocycles. The summed E-state index contributed by atoms with van der Waals surface area (Å²) in [6, 6.07) is 10.7. The summed E-state index contributed by atoms with van der Waals surface area (Å²) in [5, 5.41) is 15.4. The minimum absolute atomic E-state index is 0.0435. The van der Waals surface area contributed by atoms with Crippen LogP contribution in [0.2, 0.25) is 0 Å². The van der Waals surface area contributed by atoms with Crippen molar-refractivity contribution >= 4 is 55.0 Å². The molecule has 0 radical (unpaired) electrons. The summed E-state index contributed by atoms with van der Waals surface area (Å²) in [5.74, 6) is 0.535. The van der Waals surface area contributed by atoms with Crippen molar-refractivity contribution in [2.24, 2.45) is 0 Å². The summed E-state index contributed by atoms with van der Waals surface area (Å²) in [4.78, 5) is 14.0. The maximum atomic E-state index is 13.0. The van der Waals surface area contributed by atoms with Crippen LogP contribution in [0, 0.1) is 18.3 Å². The van der Waals surface area contributed by atoms with Crippen LogP contribution in [-0.2, 0) is 30.3 Å². The summed E-state index contributed by atoms with van der Waals surface area (Å²) in [5.41, 5.74) is 10.1. The molecule has 5 heterocycles. The Balaban J connectivity index is 1.09. The zero-order valence-electron chi connectivity index (χ0n) is 26.9. The Morgan fingerprint density at radius 1 is 1.13 bits per heavy atom. The van der Waals surface area contributed by atoms with Crippen molar-refractivity contribution in [2.45, 2.75) is 82.6 Å². The normalized spacial score (nSPS) is 18.9. The maximum Gasteiger partial charge on any atom is 0.393 e. The highest BCUT2D eigenvalue weighted by molar-refractivity contribution is 7.84. The van der Waals surface area contributed by atoms with Gasteiger partial charge in [0.2, 0.25) is 5.95 Å². The third-order valence-corrected chi connectivity index (χ3v) is 12.2. The van der Waals surface area contributed by atoms with Crippen LogP contribution in [0.4, 0.5) is 24.9 Å². The Kier molecular flexibility index (Phi) is 9.81. The number of nitrogen functional groups attached to an aromatic ring is 1. The van der Waals surface area contributed by atoms with E-state index in [1.54, 1.807) is 6.26 Å². The lowest BCUT2D eigenvalue weighted by Crippen LogP contribution is -2.44. The second kappa shape index (κ2) is 13.7. The summed E-state index contributed by atoms with van der Waals surface area (Å²) in [6.45, 7) is 9.43. The van der Waals surface area contributed by atoms with Gasteiger partial charge in [0.25, 0.3) is 0 Å². The first-order valence-corrected chi connectivity index (χ1v) is 18.5. The largest absolute Gasteiger partial charge is 0.393 e. The number of aromatic nitrogens is 3. The summed E-state index contributed by atoms with van der Waals surface area (Å²) >= 11 is 1.00. The second-order valence-corrected chi connectivity index (χ2v) is 15.7. The fourth-order valence-corrected chi connectivity index (χ4v) is 9.00. The van der Waals surface area contributed by atoms with Crippen LogP contribution in [0.3, 0.4) is 0 Å². The van der Waals surface area contributed by atoms with E-state index in [9.17, 15) is 22.6 Å². The van der Waals surface area contributed by atoms with E-state index in [1.807, 2.05) is 6.07 Å². The van der Waals surface area contributed by atoms with Gasteiger partial charge in [0.05, 0.1) is 11.8 Å². The lowest BCUT2D eigenvalue weighted by atomic mass is 10.0. The number of alkyl halides is 3. The van der Waals surface area contributed by atoms with Gasteiger partial charge >= 0.3 is 6.18 Å². The van der Waals surface area contributed by atoms with Gasteiger partial charge < -0.3 is 15.6 Å². The molecule has 2 aliphatic heterocycles. The van der Waals surface area contributed by atoms with Crippen LogP contribution in [0.15, 0.2) is 24.3 Å². The van der Waals surface area contributed by atoms with Crippen molar-refractivity contribution in [1.29, 1.82) is 5.26 Å². The summed E-state index contributed by atoms with van der Waals surface area (Å²) < 4.78 is 53.1. The van der Waals surface area contributed by atoms with Gasteiger partial charge in [0, 0.05) is 76.3 Å². The van der Waals surface area contributed by atoms with Crippen molar-refractivity contribution in [3.63, 3.8) is 0 Å². The summed E-state index contributed by atoms with van der Waals surface area (Å²) in [7, 11) is -0.780. The molecule has 2 aliphatic rings. The fraction of sp³-hybridized carbons (Fsp3) is 0.545. The highest BCUT2D eigenvalue weighted by atomic mass is 32.2. The first kappa shape index (κ1) is 33.6. The molecule has 4 aromatic rings. The van der Waals surface area contributed by atoms with E-state index in [-0.39, 0.29) is 28.2 Å². The monoisotopic (exact) mass is 686 g/mol. The molecule has 1 unspecified atom stereocenters.